The monoisotopic (exact) mass is 315 g/mol. The van der Waals surface area contributed by atoms with Gasteiger partial charge < -0.3 is 10.1 Å². The van der Waals surface area contributed by atoms with Gasteiger partial charge >= 0.3 is 0 Å². The summed E-state index contributed by atoms with van der Waals surface area (Å²) in [5.41, 5.74) is 1.27. The van der Waals surface area contributed by atoms with Crippen LogP contribution >= 0.6 is 15.9 Å². The Labute approximate surface area is 117 Å². The van der Waals surface area contributed by atoms with Gasteiger partial charge in [-0.3, -0.25) is 4.68 Å². The highest BCUT2D eigenvalue weighted by Gasteiger charge is 2.40. The van der Waals surface area contributed by atoms with E-state index in [4.69, 9.17) is 4.74 Å². The first-order chi connectivity index (χ1) is 8.62. The summed E-state index contributed by atoms with van der Waals surface area (Å²) >= 11 is 3.59. The SMILES string of the molecule is CCNC(CC1(OC)CCC1)c1c(Br)cnn1C. The standard InChI is InChI=1S/C13H22BrN3O/c1-4-15-11(8-13(18-3)6-5-7-13)12-10(14)9-16-17(12)2/h9,11,15H,4-8H2,1-3H3. The fraction of sp³-hybridized carbons (Fsp3) is 0.769. The van der Waals surface area contributed by atoms with E-state index in [0.29, 0.717) is 0 Å². The highest BCUT2D eigenvalue weighted by atomic mass is 79.9. The van der Waals surface area contributed by atoms with Crippen LogP contribution in [0.5, 0.6) is 0 Å². The fourth-order valence-corrected chi connectivity index (χ4v) is 3.38. The molecule has 1 saturated carbocycles. The molecule has 1 fully saturated rings. The third kappa shape index (κ3) is 2.63. The Morgan fingerprint density at radius 1 is 1.61 bits per heavy atom. The summed E-state index contributed by atoms with van der Waals surface area (Å²) in [5.74, 6) is 0. The number of hydrogen-bond acceptors (Lipinski definition) is 3. The van der Waals surface area contributed by atoms with Gasteiger partial charge in [-0.2, -0.15) is 5.10 Å². The number of rotatable bonds is 6. The van der Waals surface area contributed by atoms with E-state index in [1.54, 1.807) is 0 Å². The molecule has 2 rings (SSSR count). The quantitative estimate of drug-likeness (QED) is 0.877. The second-order valence-electron chi connectivity index (χ2n) is 5.06. The van der Waals surface area contributed by atoms with Gasteiger partial charge in [-0.05, 0) is 48.2 Å². The Bertz CT molecular complexity index is 376. The molecular formula is C13H22BrN3O. The zero-order valence-corrected chi connectivity index (χ0v) is 13.0. The number of aromatic nitrogens is 2. The Kier molecular flexibility index (Phi) is 4.45. The van der Waals surface area contributed by atoms with Gasteiger partial charge in [0.05, 0.1) is 28.0 Å². The van der Waals surface area contributed by atoms with Gasteiger partial charge in [0.2, 0.25) is 0 Å². The molecule has 0 bridgehead atoms. The third-order valence-electron chi connectivity index (χ3n) is 3.99. The summed E-state index contributed by atoms with van der Waals surface area (Å²) in [5, 5.41) is 7.86. The molecule has 4 nitrogen and oxygen atoms in total. The maximum absolute atomic E-state index is 5.74. The van der Waals surface area contributed by atoms with Crippen LogP contribution in [0.15, 0.2) is 10.7 Å². The van der Waals surface area contributed by atoms with E-state index in [-0.39, 0.29) is 11.6 Å². The van der Waals surface area contributed by atoms with Crippen LogP contribution in [0.4, 0.5) is 0 Å². The Morgan fingerprint density at radius 3 is 2.72 bits per heavy atom. The van der Waals surface area contributed by atoms with Gasteiger partial charge in [0.15, 0.2) is 0 Å². The second-order valence-corrected chi connectivity index (χ2v) is 5.91. The minimum absolute atomic E-state index is 0.0660. The molecule has 1 aliphatic rings. The Balaban J connectivity index is 2.18. The van der Waals surface area contributed by atoms with Gasteiger partial charge in [0.25, 0.3) is 0 Å². The molecule has 1 heterocycles. The van der Waals surface area contributed by atoms with Crippen LogP contribution in [0.2, 0.25) is 0 Å². The summed E-state index contributed by atoms with van der Waals surface area (Å²) in [6.45, 7) is 3.08. The highest BCUT2D eigenvalue weighted by molar-refractivity contribution is 9.10. The van der Waals surface area contributed by atoms with Gasteiger partial charge in [-0.15, -0.1) is 0 Å². The molecule has 0 amide bonds. The van der Waals surface area contributed by atoms with Crippen molar-refractivity contribution in [3.63, 3.8) is 0 Å². The fourth-order valence-electron chi connectivity index (χ4n) is 2.76. The zero-order valence-electron chi connectivity index (χ0n) is 11.4. The van der Waals surface area contributed by atoms with Crippen LogP contribution < -0.4 is 5.32 Å². The smallest absolute Gasteiger partial charge is 0.0697 e. The molecule has 1 unspecified atom stereocenters. The summed E-state index contributed by atoms with van der Waals surface area (Å²) in [7, 11) is 3.82. The molecule has 18 heavy (non-hydrogen) atoms. The number of nitrogens with one attached hydrogen (secondary N) is 1. The maximum atomic E-state index is 5.74. The molecule has 0 saturated heterocycles. The topological polar surface area (TPSA) is 39.1 Å². The minimum atomic E-state index is 0.0660. The molecule has 5 heteroatoms. The molecule has 1 aromatic heterocycles. The number of nitrogens with zero attached hydrogens (tertiary/aromatic N) is 2. The predicted molar refractivity (Wildman–Crippen MR) is 75.5 cm³/mol. The molecule has 102 valence electrons. The predicted octanol–water partition coefficient (Wildman–Crippen LogP) is 2.79. The van der Waals surface area contributed by atoms with Crippen LogP contribution in [0.25, 0.3) is 0 Å². The number of hydrogen-bond donors (Lipinski definition) is 1. The molecular weight excluding hydrogens is 294 g/mol. The summed E-state index contributed by atoms with van der Waals surface area (Å²) in [6, 6.07) is 0.289. The van der Waals surface area contributed by atoms with Crippen LogP contribution in [0, 0.1) is 0 Å². The molecule has 1 N–H and O–H groups in total. The first-order valence-electron chi connectivity index (χ1n) is 6.58. The number of aryl methyl sites for hydroxylation is 1. The minimum Gasteiger partial charge on any atom is -0.378 e. The molecule has 1 atom stereocenters. The van der Waals surface area contributed by atoms with Crippen LogP contribution in [0.3, 0.4) is 0 Å². The van der Waals surface area contributed by atoms with Crippen molar-refractivity contribution in [1.82, 2.24) is 15.1 Å². The normalized spacial score (nSPS) is 19.6. The lowest BCUT2D eigenvalue weighted by Crippen LogP contribution is -2.43. The average Bonchev–Trinajstić information content (AvgIpc) is 2.63. The van der Waals surface area contributed by atoms with E-state index in [1.165, 1.54) is 25.0 Å². The van der Waals surface area contributed by atoms with Crippen molar-refractivity contribution in [1.29, 1.82) is 0 Å². The van der Waals surface area contributed by atoms with Crippen molar-refractivity contribution in [3.05, 3.63) is 16.4 Å². The molecule has 0 spiro atoms. The van der Waals surface area contributed by atoms with Crippen LogP contribution in [-0.2, 0) is 11.8 Å². The van der Waals surface area contributed by atoms with Gasteiger partial charge in [0, 0.05) is 14.2 Å². The maximum Gasteiger partial charge on any atom is 0.0697 e. The third-order valence-corrected chi connectivity index (χ3v) is 4.60. The summed E-state index contributed by atoms with van der Waals surface area (Å²) < 4.78 is 8.76. The first-order valence-corrected chi connectivity index (χ1v) is 7.37. The lowest BCUT2D eigenvalue weighted by molar-refractivity contribution is -0.0841. The van der Waals surface area contributed by atoms with Crippen LogP contribution in [0.1, 0.15) is 44.3 Å². The second kappa shape index (κ2) is 5.72. The van der Waals surface area contributed by atoms with E-state index in [2.05, 4.69) is 33.3 Å². The van der Waals surface area contributed by atoms with Crippen molar-refractivity contribution in [2.24, 2.45) is 7.05 Å². The Hall–Kier alpha value is -0.390. The van der Waals surface area contributed by atoms with Gasteiger partial charge in [0.1, 0.15) is 0 Å². The summed E-state index contributed by atoms with van der Waals surface area (Å²) in [4.78, 5) is 0. The molecule has 0 radical (unpaired) electrons. The summed E-state index contributed by atoms with van der Waals surface area (Å²) in [6.07, 6.45) is 6.48. The van der Waals surface area contributed by atoms with Crippen molar-refractivity contribution >= 4 is 15.9 Å². The number of ether oxygens (including phenoxy) is 1. The lowest BCUT2D eigenvalue weighted by Gasteiger charge is -2.43. The first kappa shape index (κ1) is 14.0. The van der Waals surface area contributed by atoms with E-state index >= 15 is 0 Å². The van der Waals surface area contributed by atoms with Gasteiger partial charge in [-0.25, -0.2) is 0 Å². The number of methoxy groups -OCH3 is 1. The van der Waals surface area contributed by atoms with Crippen molar-refractivity contribution in [2.75, 3.05) is 13.7 Å². The lowest BCUT2D eigenvalue weighted by atomic mass is 9.75. The number of halogens is 1. The van der Waals surface area contributed by atoms with E-state index < -0.39 is 0 Å². The van der Waals surface area contributed by atoms with Gasteiger partial charge in [-0.1, -0.05) is 6.92 Å². The van der Waals surface area contributed by atoms with E-state index in [1.807, 2.05) is 25.0 Å². The van der Waals surface area contributed by atoms with Crippen LogP contribution in [-0.4, -0.2) is 29.0 Å². The Morgan fingerprint density at radius 2 is 2.33 bits per heavy atom. The molecule has 0 aromatic carbocycles. The highest BCUT2D eigenvalue weighted by Crippen LogP contribution is 2.42. The zero-order chi connectivity index (χ0) is 13.2. The van der Waals surface area contributed by atoms with E-state index in [9.17, 15) is 0 Å². The van der Waals surface area contributed by atoms with Crippen molar-refractivity contribution < 1.29 is 4.74 Å². The van der Waals surface area contributed by atoms with Crippen molar-refractivity contribution in [3.8, 4) is 0 Å². The molecule has 1 aromatic rings. The largest absolute Gasteiger partial charge is 0.378 e. The van der Waals surface area contributed by atoms with Crippen molar-refractivity contribution in [2.45, 2.75) is 44.2 Å². The average molecular weight is 316 g/mol. The molecule has 1 aliphatic carbocycles. The molecule has 0 aliphatic heterocycles. The van der Waals surface area contributed by atoms with E-state index in [0.717, 1.165) is 17.4 Å².